The number of benzene rings is 2. The maximum atomic E-state index is 13.1. The van der Waals surface area contributed by atoms with Crippen LogP contribution in [0, 0.1) is 0 Å². The van der Waals surface area contributed by atoms with Crippen molar-refractivity contribution in [3.8, 4) is 0 Å². The number of rotatable bonds is 9. The first-order valence-corrected chi connectivity index (χ1v) is 14.4. The molecule has 2 fully saturated rings. The number of aromatic nitrogens is 1. The van der Waals surface area contributed by atoms with E-state index in [0.29, 0.717) is 26.3 Å². The molecule has 0 bridgehead atoms. The molecule has 2 aliphatic rings. The molecule has 1 aromatic heterocycles. The Hall–Kier alpha value is -2.58. The Bertz CT molecular complexity index is 1270. The molecule has 39 heavy (non-hydrogen) atoms. The van der Waals surface area contributed by atoms with E-state index >= 15 is 0 Å². The van der Waals surface area contributed by atoms with Crippen molar-refractivity contribution >= 4 is 33.4 Å². The first-order chi connectivity index (χ1) is 18.7. The second-order valence-corrected chi connectivity index (χ2v) is 11.8. The minimum absolute atomic E-state index is 0.0995. The second-order valence-electron chi connectivity index (χ2n) is 11.8. The van der Waals surface area contributed by atoms with Gasteiger partial charge in [0, 0.05) is 54.5 Å². The zero-order chi connectivity index (χ0) is 27.8. The second kappa shape index (κ2) is 11.1. The van der Waals surface area contributed by atoms with Gasteiger partial charge < -0.3 is 24.7 Å². The quantitative estimate of drug-likeness (QED) is 0.415. The predicted octanol–water partition coefficient (Wildman–Crippen LogP) is 4.70. The smallest absolute Gasteiger partial charge is 0.140 e. The van der Waals surface area contributed by atoms with Gasteiger partial charge in [-0.2, -0.15) is 0 Å². The number of fused-ring (bicyclic) bond motifs is 3. The number of nitrogens with one attached hydrogen (secondary N) is 2. The van der Waals surface area contributed by atoms with Gasteiger partial charge >= 0.3 is 0 Å². The van der Waals surface area contributed by atoms with Crippen LogP contribution < -0.4 is 10.6 Å². The summed E-state index contributed by atoms with van der Waals surface area (Å²) in [6, 6.07) is 12.9. The molecular weight excluding hydrogens is 490 g/mol. The highest BCUT2D eigenvalue weighted by Crippen LogP contribution is 2.40. The third kappa shape index (κ3) is 5.18. The van der Waals surface area contributed by atoms with Gasteiger partial charge in [0.2, 0.25) is 0 Å². The summed E-state index contributed by atoms with van der Waals surface area (Å²) in [5.74, 6) is -0.556. The van der Waals surface area contributed by atoms with E-state index < -0.39 is 11.2 Å². The van der Waals surface area contributed by atoms with E-state index in [1.165, 1.54) is 0 Å². The van der Waals surface area contributed by atoms with Crippen molar-refractivity contribution in [1.29, 1.82) is 0 Å². The number of ether oxygens (including phenoxy) is 2. The van der Waals surface area contributed by atoms with E-state index in [1.54, 1.807) is 13.8 Å². The molecule has 0 amide bonds. The summed E-state index contributed by atoms with van der Waals surface area (Å²) in [6.45, 7) is 14.5. The fourth-order valence-electron chi connectivity index (χ4n) is 6.95. The third-order valence-electron chi connectivity index (χ3n) is 8.72. The highest BCUT2D eigenvalue weighted by atomic mass is 16.5. The number of hydrogen-bond donors (Lipinski definition) is 2. The summed E-state index contributed by atoms with van der Waals surface area (Å²) in [4.78, 5) is 26.1. The highest BCUT2D eigenvalue weighted by Gasteiger charge is 2.42. The normalized spacial score (nSPS) is 25.6. The number of morpholine rings is 2. The van der Waals surface area contributed by atoms with Crippen LogP contribution in [0.3, 0.4) is 0 Å². The molecule has 2 N–H and O–H groups in total. The van der Waals surface area contributed by atoms with Crippen molar-refractivity contribution in [2.24, 2.45) is 0 Å². The molecule has 0 saturated carbocycles. The Morgan fingerprint density at radius 1 is 0.846 bits per heavy atom. The molecule has 5 rings (SSSR count). The minimum Gasteiger partial charge on any atom is -0.372 e. The van der Waals surface area contributed by atoms with Crippen LogP contribution in [0.2, 0.25) is 0 Å². The Kier molecular flexibility index (Phi) is 7.98. The van der Waals surface area contributed by atoms with E-state index in [-0.39, 0.29) is 23.4 Å². The topological polar surface area (TPSA) is 81.6 Å². The molecule has 2 aliphatic heterocycles. The molecular formula is C32H43N3O4. The number of ketones is 2. The first kappa shape index (κ1) is 28.0. The zero-order valence-electron chi connectivity index (χ0n) is 24.1. The van der Waals surface area contributed by atoms with Crippen molar-refractivity contribution in [1.82, 2.24) is 15.2 Å². The summed E-state index contributed by atoms with van der Waals surface area (Å²) in [5, 5.41) is 9.03. The Balaban J connectivity index is 1.68. The lowest BCUT2D eigenvalue weighted by atomic mass is 9.78. The van der Waals surface area contributed by atoms with E-state index in [9.17, 15) is 9.59 Å². The molecule has 0 spiro atoms. The number of carbonyl (C=O) groups excluding carboxylic acids is 2. The number of aryl methyl sites for hydroxylation is 1. The largest absolute Gasteiger partial charge is 0.372 e. The average molecular weight is 534 g/mol. The van der Waals surface area contributed by atoms with Gasteiger partial charge in [-0.3, -0.25) is 9.59 Å². The van der Waals surface area contributed by atoms with Gasteiger partial charge in [0.15, 0.2) is 0 Å². The molecule has 7 nitrogen and oxygen atoms in total. The van der Waals surface area contributed by atoms with Crippen LogP contribution in [0.15, 0.2) is 36.4 Å². The van der Waals surface area contributed by atoms with Crippen molar-refractivity contribution in [2.75, 3.05) is 39.4 Å². The number of nitrogens with zero attached hydrogens (tertiary/aromatic N) is 1. The number of carbonyl (C=O) groups is 2. The van der Waals surface area contributed by atoms with E-state index in [2.05, 4.69) is 58.5 Å². The molecule has 0 aliphatic carbocycles. The highest BCUT2D eigenvalue weighted by molar-refractivity contribution is 6.09. The lowest BCUT2D eigenvalue weighted by molar-refractivity contribution is -0.131. The lowest BCUT2D eigenvalue weighted by Crippen LogP contribution is -2.53. The standard InChI is InChI=1S/C32H43N3O4/c1-6-7-14-35-27-10-8-23(29(21(2)36)31(4)19-33-12-15-38-31)17-25(27)26-18-24(9-11-28(26)35)30(22(3)37)32(5)20-34-13-16-39-32/h8-11,17-18,29-30,33-34H,6-7,12-16,19-20H2,1-5H3. The van der Waals surface area contributed by atoms with Gasteiger partial charge in [-0.15, -0.1) is 0 Å². The molecule has 2 saturated heterocycles. The van der Waals surface area contributed by atoms with Crippen molar-refractivity contribution in [2.45, 2.75) is 77.0 Å². The van der Waals surface area contributed by atoms with Crippen LogP contribution in [-0.2, 0) is 25.6 Å². The van der Waals surface area contributed by atoms with Crippen LogP contribution >= 0.6 is 0 Å². The maximum absolute atomic E-state index is 13.1. The summed E-state index contributed by atoms with van der Waals surface area (Å²) >= 11 is 0. The molecule has 0 radical (unpaired) electrons. The summed E-state index contributed by atoms with van der Waals surface area (Å²) in [5.41, 5.74) is 3.02. The van der Waals surface area contributed by atoms with Crippen LogP contribution in [0.25, 0.3) is 21.8 Å². The van der Waals surface area contributed by atoms with Gasteiger partial charge in [-0.1, -0.05) is 25.5 Å². The predicted molar refractivity (Wildman–Crippen MR) is 156 cm³/mol. The molecule has 4 atom stereocenters. The third-order valence-corrected chi connectivity index (χ3v) is 8.72. The summed E-state index contributed by atoms with van der Waals surface area (Å²) in [6.07, 6.45) is 2.17. The molecule has 7 heteroatoms. The first-order valence-electron chi connectivity index (χ1n) is 14.4. The fourth-order valence-corrected chi connectivity index (χ4v) is 6.95. The Morgan fingerprint density at radius 3 is 1.67 bits per heavy atom. The number of Topliss-reactive ketones (excluding diaryl/α,β-unsaturated/α-hetero) is 2. The summed E-state index contributed by atoms with van der Waals surface area (Å²) < 4.78 is 14.8. The monoisotopic (exact) mass is 533 g/mol. The number of hydrogen-bond acceptors (Lipinski definition) is 6. The Morgan fingerprint density at radius 2 is 1.31 bits per heavy atom. The maximum Gasteiger partial charge on any atom is 0.140 e. The van der Waals surface area contributed by atoms with Gasteiger partial charge in [-0.05, 0) is 69.5 Å². The number of unbranched alkanes of at least 4 members (excludes halogenated alkanes) is 1. The van der Waals surface area contributed by atoms with Crippen molar-refractivity contribution in [3.05, 3.63) is 47.5 Å². The lowest BCUT2D eigenvalue weighted by Gasteiger charge is -2.40. The van der Waals surface area contributed by atoms with E-state index in [1.807, 2.05) is 13.8 Å². The van der Waals surface area contributed by atoms with Crippen LogP contribution in [-0.4, -0.2) is 66.7 Å². The van der Waals surface area contributed by atoms with E-state index in [0.717, 1.165) is 65.4 Å². The average Bonchev–Trinajstić information content (AvgIpc) is 3.20. The van der Waals surface area contributed by atoms with Crippen molar-refractivity contribution < 1.29 is 19.1 Å². The van der Waals surface area contributed by atoms with Crippen LogP contribution in [0.1, 0.15) is 70.4 Å². The SMILES string of the molecule is CCCCn1c2ccc(C(C(C)=O)C3(C)CNCCO3)cc2c2cc(C(C(C)=O)C3(C)CNCCO3)ccc21. The Labute approximate surface area is 231 Å². The van der Waals surface area contributed by atoms with Gasteiger partial charge in [0.05, 0.1) is 36.3 Å². The molecule has 2 aromatic carbocycles. The molecule has 3 heterocycles. The van der Waals surface area contributed by atoms with Crippen LogP contribution in [0.4, 0.5) is 0 Å². The zero-order valence-corrected chi connectivity index (χ0v) is 24.1. The van der Waals surface area contributed by atoms with E-state index in [4.69, 9.17) is 9.47 Å². The minimum atomic E-state index is -0.608. The van der Waals surface area contributed by atoms with Crippen LogP contribution in [0.5, 0.6) is 0 Å². The van der Waals surface area contributed by atoms with Crippen molar-refractivity contribution in [3.63, 3.8) is 0 Å². The van der Waals surface area contributed by atoms with Gasteiger partial charge in [-0.25, -0.2) is 0 Å². The summed E-state index contributed by atoms with van der Waals surface area (Å²) in [7, 11) is 0. The molecule has 4 unspecified atom stereocenters. The molecule has 210 valence electrons. The molecule has 3 aromatic rings. The fraction of sp³-hybridized carbons (Fsp3) is 0.562. The van der Waals surface area contributed by atoms with Gasteiger partial charge in [0.1, 0.15) is 11.6 Å². The van der Waals surface area contributed by atoms with Gasteiger partial charge in [0.25, 0.3) is 0 Å².